The molecule has 0 spiro atoms. The van der Waals surface area contributed by atoms with Gasteiger partial charge in [0.2, 0.25) is 0 Å². The molecule has 0 aromatic heterocycles. The molecule has 0 atom stereocenters. The second-order valence-corrected chi connectivity index (χ2v) is 9.90. The van der Waals surface area contributed by atoms with Crippen LogP contribution in [0.1, 0.15) is 67.4 Å². The SMILES string of the molecule is CCOC(=O)c1cc(C2(c3ccc(C)c(C)c3)c3cc(C)ccc3-c3ccc(C)cc32)ccc1C. The summed E-state index contributed by atoms with van der Waals surface area (Å²) in [5.74, 6) is -0.269. The molecule has 0 fully saturated rings. The molecule has 1 aliphatic carbocycles. The van der Waals surface area contributed by atoms with Crippen LogP contribution >= 0.6 is 0 Å². The molecule has 2 heteroatoms. The quantitative estimate of drug-likeness (QED) is 0.256. The highest BCUT2D eigenvalue weighted by atomic mass is 16.5. The number of hydrogen-bond acceptors (Lipinski definition) is 2. The summed E-state index contributed by atoms with van der Waals surface area (Å²) < 4.78 is 5.44. The van der Waals surface area contributed by atoms with Crippen molar-refractivity contribution in [3.63, 3.8) is 0 Å². The summed E-state index contributed by atoms with van der Waals surface area (Å²) in [7, 11) is 0. The molecule has 0 bridgehead atoms. The Bertz CT molecular complexity index is 1420. The van der Waals surface area contributed by atoms with Crippen molar-refractivity contribution in [3.8, 4) is 11.1 Å². The Hall–Kier alpha value is -3.65. The average molecular weight is 461 g/mol. The lowest BCUT2D eigenvalue weighted by atomic mass is 9.66. The second-order valence-electron chi connectivity index (χ2n) is 9.90. The van der Waals surface area contributed by atoms with Crippen molar-refractivity contribution in [1.29, 1.82) is 0 Å². The molecule has 5 rings (SSSR count). The topological polar surface area (TPSA) is 26.3 Å². The molecule has 0 amide bonds. The van der Waals surface area contributed by atoms with Crippen LogP contribution in [0.15, 0.2) is 72.8 Å². The van der Waals surface area contributed by atoms with Gasteiger partial charge < -0.3 is 4.74 Å². The van der Waals surface area contributed by atoms with Crippen LogP contribution in [0.2, 0.25) is 0 Å². The van der Waals surface area contributed by atoms with Crippen LogP contribution < -0.4 is 0 Å². The predicted octanol–water partition coefficient (Wildman–Crippen LogP) is 7.77. The van der Waals surface area contributed by atoms with Gasteiger partial charge in [0, 0.05) is 0 Å². The monoisotopic (exact) mass is 460 g/mol. The van der Waals surface area contributed by atoms with Gasteiger partial charge in [-0.3, -0.25) is 0 Å². The molecule has 0 aliphatic heterocycles. The maximum atomic E-state index is 12.9. The second kappa shape index (κ2) is 8.53. The lowest BCUT2D eigenvalue weighted by Crippen LogP contribution is -2.29. The van der Waals surface area contributed by atoms with E-state index in [-0.39, 0.29) is 5.97 Å². The highest BCUT2D eigenvalue weighted by Gasteiger charge is 2.46. The lowest BCUT2D eigenvalue weighted by molar-refractivity contribution is 0.0525. The summed E-state index contributed by atoms with van der Waals surface area (Å²) in [6, 6.07) is 26.7. The standard InChI is InChI=1S/C33H32O2/c1-7-35-32(34)29-19-26(13-11-23(29)5)33(25-12-10-22(4)24(6)18-25)30-16-20(2)8-14-27(30)28-15-9-21(3)17-31(28)33/h8-19H,7H2,1-6H3. The van der Waals surface area contributed by atoms with Gasteiger partial charge in [-0.25, -0.2) is 4.79 Å². The summed E-state index contributed by atoms with van der Waals surface area (Å²) in [5.41, 5.74) is 13.3. The normalized spacial score (nSPS) is 13.3. The summed E-state index contributed by atoms with van der Waals surface area (Å²) in [6.07, 6.45) is 0. The molecule has 0 saturated carbocycles. The number of aryl methyl sites for hydroxylation is 5. The molecule has 0 N–H and O–H groups in total. The van der Waals surface area contributed by atoms with Gasteiger partial charge in [0.25, 0.3) is 0 Å². The third-order valence-electron chi connectivity index (χ3n) is 7.55. The highest BCUT2D eigenvalue weighted by molar-refractivity contribution is 5.93. The zero-order chi connectivity index (χ0) is 24.9. The van der Waals surface area contributed by atoms with E-state index in [1.54, 1.807) is 0 Å². The van der Waals surface area contributed by atoms with Crippen molar-refractivity contribution in [2.75, 3.05) is 6.61 Å². The molecule has 0 heterocycles. The summed E-state index contributed by atoms with van der Waals surface area (Å²) in [4.78, 5) is 12.9. The van der Waals surface area contributed by atoms with Crippen molar-refractivity contribution < 1.29 is 9.53 Å². The Morgan fingerprint density at radius 2 is 1.20 bits per heavy atom. The van der Waals surface area contributed by atoms with Crippen molar-refractivity contribution in [3.05, 3.63) is 128 Å². The number of carbonyl (C=O) groups excluding carboxylic acids is 1. The first-order valence-electron chi connectivity index (χ1n) is 12.4. The first-order valence-corrected chi connectivity index (χ1v) is 12.4. The van der Waals surface area contributed by atoms with E-state index in [2.05, 4.69) is 100 Å². The number of rotatable bonds is 4. The summed E-state index contributed by atoms with van der Waals surface area (Å²) in [6.45, 7) is 12.8. The van der Waals surface area contributed by atoms with Crippen LogP contribution in [0.3, 0.4) is 0 Å². The van der Waals surface area contributed by atoms with Crippen LogP contribution in [0.5, 0.6) is 0 Å². The van der Waals surface area contributed by atoms with E-state index in [0.29, 0.717) is 12.2 Å². The van der Waals surface area contributed by atoms with Crippen LogP contribution in [-0.2, 0) is 10.2 Å². The van der Waals surface area contributed by atoms with E-state index in [1.165, 1.54) is 50.1 Å². The number of ether oxygens (including phenoxy) is 1. The van der Waals surface area contributed by atoms with Gasteiger partial charge in [0.05, 0.1) is 17.6 Å². The first kappa shape index (κ1) is 23.1. The number of hydrogen-bond donors (Lipinski definition) is 0. The zero-order valence-electron chi connectivity index (χ0n) is 21.5. The van der Waals surface area contributed by atoms with E-state index in [0.717, 1.165) is 11.1 Å². The smallest absolute Gasteiger partial charge is 0.338 e. The first-order chi connectivity index (χ1) is 16.8. The van der Waals surface area contributed by atoms with E-state index < -0.39 is 5.41 Å². The molecule has 4 aromatic carbocycles. The highest BCUT2D eigenvalue weighted by Crippen LogP contribution is 2.56. The Morgan fingerprint density at radius 3 is 1.74 bits per heavy atom. The molecule has 1 aliphatic rings. The maximum absolute atomic E-state index is 12.9. The zero-order valence-corrected chi connectivity index (χ0v) is 21.5. The van der Waals surface area contributed by atoms with Gasteiger partial charge in [0.15, 0.2) is 0 Å². The minimum atomic E-state index is -0.532. The Balaban J connectivity index is 1.94. The fourth-order valence-electron chi connectivity index (χ4n) is 5.60. The van der Waals surface area contributed by atoms with E-state index in [4.69, 9.17) is 4.74 Å². The Labute approximate surface area is 208 Å². The average Bonchev–Trinajstić information content (AvgIpc) is 3.10. The Kier molecular flexibility index (Phi) is 5.63. The van der Waals surface area contributed by atoms with Crippen molar-refractivity contribution in [2.24, 2.45) is 0 Å². The van der Waals surface area contributed by atoms with Gasteiger partial charge in [-0.2, -0.15) is 0 Å². The van der Waals surface area contributed by atoms with E-state index >= 15 is 0 Å². The van der Waals surface area contributed by atoms with Gasteiger partial charge in [-0.05, 0) is 97.7 Å². The van der Waals surface area contributed by atoms with Crippen molar-refractivity contribution in [1.82, 2.24) is 0 Å². The summed E-state index contributed by atoms with van der Waals surface area (Å²) >= 11 is 0. The molecule has 35 heavy (non-hydrogen) atoms. The third kappa shape index (κ3) is 3.51. The molecule has 176 valence electrons. The van der Waals surface area contributed by atoms with Gasteiger partial charge in [-0.1, -0.05) is 77.9 Å². The minimum absolute atomic E-state index is 0.269. The molecule has 0 radical (unpaired) electrons. The number of fused-ring (bicyclic) bond motifs is 3. The fraction of sp³-hybridized carbons (Fsp3) is 0.242. The largest absolute Gasteiger partial charge is 0.462 e. The van der Waals surface area contributed by atoms with Crippen LogP contribution in [0.4, 0.5) is 0 Å². The number of benzene rings is 4. The number of carbonyl (C=O) groups is 1. The molecule has 2 nitrogen and oxygen atoms in total. The van der Waals surface area contributed by atoms with Crippen LogP contribution in [0.25, 0.3) is 11.1 Å². The minimum Gasteiger partial charge on any atom is -0.462 e. The van der Waals surface area contributed by atoms with Crippen LogP contribution in [0, 0.1) is 34.6 Å². The Morgan fingerprint density at radius 1 is 0.657 bits per heavy atom. The molecule has 4 aromatic rings. The van der Waals surface area contributed by atoms with Gasteiger partial charge >= 0.3 is 5.97 Å². The van der Waals surface area contributed by atoms with E-state index in [1.807, 2.05) is 13.8 Å². The molecule has 0 saturated heterocycles. The van der Waals surface area contributed by atoms with Crippen LogP contribution in [-0.4, -0.2) is 12.6 Å². The van der Waals surface area contributed by atoms with Gasteiger partial charge in [0.1, 0.15) is 0 Å². The third-order valence-corrected chi connectivity index (χ3v) is 7.55. The van der Waals surface area contributed by atoms with Crippen molar-refractivity contribution >= 4 is 5.97 Å². The molecular formula is C33H32O2. The lowest BCUT2D eigenvalue weighted by Gasteiger charge is -2.35. The molecule has 0 unspecified atom stereocenters. The predicted molar refractivity (Wildman–Crippen MR) is 143 cm³/mol. The number of esters is 1. The van der Waals surface area contributed by atoms with E-state index in [9.17, 15) is 4.79 Å². The summed E-state index contributed by atoms with van der Waals surface area (Å²) in [5, 5.41) is 0. The molecular weight excluding hydrogens is 428 g/mol. The fourth-order valence-corrected chi connectivity index (χ4v) is 5.60. The van der Waals surface area contributed by atoms with Crippen molar-refractivity contribution in [2.45, 2.75) is 47.0 Å². The van der Waals surface area contributed by atoms with Gasteiger partial charge in [-0.15, -0.1) is 0 Å². The maximum Gasteiger partial charge on any atom is 0.338 e.